The van der Waals surface area contributed by atoms with Crippen molar-refractivity contribution in [3.8, 4) is 0 Å². The number of rotatable bonds is 59. The van der Waals surface area contributed by atoms with Gasteiger partial charge in [-0.25, -0.2) is 4.79 Å². The zero-order valence-electron chi connectivity index (χ0n) is 51.8. The molecule has 0 amide bonds. The summed E-state index contributed by atoms with van der Waals surface area (Å²) in [5.74, 6) is -2.02. The Morgan fingerprint density at radius 1 is 0.392 bits per heavy atom. The van der Waals surface area contributed by atoms with Gasteiger partial charge in [-0.1, -0.05) is 259 Å². The molecule has 2 atom stereocenters. The first kappa shape index (κ1) is 75.2. The highest BCUT2D eigenvalue weighted by molar-refractivity contribution is 5.71. The third-order valence-corrected chi connectivity index (χ3v) is 13.8. The zero-order chi connectivity index (χ0) is 57.6. The molecule has 9 nitrogen and oxygen atoms in total. The molecule has 0 fully saturated rings. The van der Waals surface area contributed by atoms with Crippen LogP contribution >= 0.6 is 0 Å². The standard InChI is InChI=1S/C70H121NO8/c1-6-8-10-12-14-16-18-20-22-24-26-28-29-30-31-32-33-34-35-36-37-38-39-41-43-45-47-49-51-53-55-57-59-61-68(73)79-66(65-78-70(69(74)75)76-63-62-71(3,4)5)64-77-67(72)60-58-56-54-52-50-48-46-44-42-40-27-25-23-21-19-17-15-13-11-9-7-2/h8,10,14,16,19-22,25-28,30-31,42,44,66,70H,6-7,9,11-13,15,17-18,23-24,29,32-41,43,45-65H2,1-5H3/p+1/b10-8-,16-14-,21-19-,22-20-,27-25-,28-26-,31-30-,44-42-. The van der Waals surface area contributed by atoms with Gasteiger partial charge in [-0.3, -0.25) is 9.59 Å². The van der Waals surface area contributed by atoms with Gasteiger partial charge in [-0.15, -0.1) is 0 Å². The molecule has 0 rings (SSSR count). The van der Waals surface area contributed by atoms with Crippen LogP contribution in [0, 0.1) is 0 Å². The molecule has 0 aromatic heterocycles. The van der Waals surface area contributed by atoms with Gasteiger partial charge in [0.05, 0.1) is 34.4 Å². The van der Waals surface area contributed by atoms with Crippen LogP contribution in [0.15, 0.2) is 97.2 Å². The number of carbonyl (C=O) groups is 3. The Hall–Kier alpha value is -3.79. The maximum atomic E-state index is 12.9. The molecule has 0 aliphatic carbocycles. The third kappa shape index (κ3) is 61.7. The minimum Gasteiger partial charge on any atom is -0.477 e. The number of likely N-dealkylation sites (N-methyl/N-ethyl adjacent to an activating group) is 1. The number of unbranched alkanes of at least 4 members (excludes halogenated alkanes) is 28. The molecule has 9 heteroatoms. The second-order valence-corrected chi connectivity index (χ2v) is 22.7. The largest absolute Gasteiger partial charge is 0.477 e. The van der Waals surface area contributed by atoms with Crippen LogP contribution in [-0.2, 0) is 33.3 Å². The summed E-state index contributed by atoms with van der Waals surface area (Å²) < 4.78 is 22.9. The molecular formula is C70H122NO8+. The first-order valence-electron chi connectivity index (χ1n) is 32.4. The van der Waals surface area contributed by atoms with Gasteiger partial charge in [0, 0.05) is 12.8 Å². The van der Waals surface area contributed by atoms with Crippen molar-refractivity contribution >= 4 is 17.9 Å². The van der Waals surface area contributed by atoms with E-state index < -0.39 is 24.3 Å². The van der Waals surface area contributed by atoms with Crippen molar-refractivity contribution in [2.45, 2.75) is 283 Å². The van der Waals surface area contributed by atoms with Crippen LogP contribution < -0.4 is 0 Å². The fourth-order valence-electron chi connectivity index (χ4n) is 8.87. The average Bonchev–Trinajstić information content (AvgIpc) is 3.42. The minimum atomic E-state index is -1.52. The van der Waals surface area contributed by atoms with Crippen LogP contribution in [0.3, 0.4) is 0 Å². The quantitative estimate of drug-likeness (QED) is 0.0211. The van der Waals surface area contributed by atoms with Gasteiger partial charge in [-0.2, -0.15) is 0 Å². The topological polar surface area (TPSA) is 108 Å². The second kappa shape index (κ2) is 60.3. The maximum absolute atomic E-state index is 12.9. The van der Waals surface area contributed by atoms with Crippen LogP contribution in [0.2, 0.25) is 0 Å². The van der Waals surface area contributed by atoms with E-state index in [0.717, 1.165) is 96.3 Å². The number of nitrogens with zero attached hydrogens (tertiary/aromatic N) is 1. The van der Waals surface area contributed by atoms with E-state index in [0.29, 0.717) is 11.0 Å². The van der Waals surface area contributed by atoms with Gasteiger partial charge in [0.2, 0.25) is 0 Å². The Morgan fingerprint density at radius 3 is 1.08 bits per heavy atom. The first-order valence-corrected chi connectivity index (χ1v) is 32.4. The number of carbonyl (C=O) groups excluding carboxylic acids is 2. The molecule has 2 unspecified atom stereocenters. The lowest BCUT2D eigenvalue weighted by Gasteiger charge is -2.25. The van der Waals surface area contributed by atoms with Gasteiger partial charge in [0.1, 0.15) is 13.2 Å². The van der Waals surface area contributed by atoms with Crippen molar-refractivity contribution in [3.05, 3.63) is 97.2 Å². The highest BCUT2D eigenvalue weighted by atomic mass is 16.7. The summed E-state index contributed by atoms with van der Waals surface area (Å²) in [5.41, 5.74) is 0. The predicted octanol–water partition coefficient (Wildman–Crippen LogP) is 19.7. The summed E-state index contributed by atoms with van der Waals surface area (Å²) in [5, 5.41) is 9.73. The molecule has 0 saturated heterocycles. The van der Waals surface area contributed by atoms with E-state index in [4.69, 9.17) is 18.9 Å². The van der Waals surface area contributed by atoms with Crippen molar-refractivity contribution in [2.75, 3.05) is 47.5 Å². The smallest absolute Gasteiger partial charge is 0.361 e. The van der Waals surface area contributed by atoms with Crippen LogP contribution in [0.25, 0.3) is 0 Å². The maximum Gasteiger partial charge on any atom is 0.361 e. The van der Waals surface area contributed by atoms with E-state index in [1.165, 1.54) is 148 Å². The Kier molecular flexibility index (Phi) is 57.4. The van der Waals surface area contributed by atoms with Gasteiger partial charge in [0.25, 0.3) is 6.29 Å². The van der Waals surface area contributed by atoms with E-state index >= 15 is 0 Å². The van der Waals surface area contributed by atoms with E-state index in [1.54, 1.807) is 0 Å². The summed E-state index contributed by atoms with van der Waals surface area (Å²) in [6, 6.07) is 0. The Morgan fingerprint density at radius 2 is 0.722 bits per heavy atom. The fourth-order valence-corrected chi connectivity index (χ4v) is 8.87. The molecule has 0 heterocycles. The van der Waals surface area contributed by atoms with E-state index in [9.17, 15) is 19.5 Å². The minimum absolute atomic E-state index is 0.182. The number of aliphatic carboxylic acids is 1. The van der Waals surface area contributed by atoms with Crippen molar-refractivity contribution < 1.29 is 42.9 Å². The van der Waals surface area contributed by atoms with Crippen molar-refractivity contribution in [1.29, 1.82) is 0 Å². The monoisotopic (exact) mass is 1100 g/mol. The van der Waals surface area contributed by atoms with Gasteiger partial charge in [0.15, 0.2) is 6.10 Å². The van der Waals surface area contributed by atoms with Gasteiger partial charge >= 0.3 is 17.9 Å². The lowest BCUT2D eigenvalue weighted by atomic mass is 10.0. The SMILES string of the molecule is CC/C=C\C/C=C\C/C=C\C/C=C\C/C=C\CCCCCCCCCCCCCCCCCCCC(=O)OC(COC(=O)CCCCCCCC/C=C\C/C=C\C/C=C\CCCCCCC)COC(OCC[N+](C)(C)C)C(=O)O. The molecule has 0 bridgehead atoms. The third-order valence-electron chi connectivity index (χ3n) is 13.8. The zero-order valence-corrected chi connectivity index (χ0v) is 51.8. The summed E-state index contributed by atoms with van der Waals surface area (Å²) in [7, 11) is 5.97. The number of hydrogen-bond acceptors (Lipinski definition) is 7. The lowest BCUT2D eigenvalue weighted by molar-refractivity contribution is -0.870. The number of ether oxygens (including phenoxy) is 4. The highest BCUT2D eigenvalue weighted by Gasteiger charge is 2.25. The van der Waals surface area contributed by atoms with E-state index in [-0.39, 0.29) is 38.6 Å². The van der Waals surface area contributed by atoms with Gasteiger partial charge in [-0.05, 0) is 96.3 Å². The molecule has 0 aromatic rings. The molecule has 0 saturated carbocycles. The molecule has 0 aliphatic rings. The van der Waals surface area contributed by atoms with Crippen molar-refractivity contribution in [3.63, 3.8) is 0 Å². The Bertz CT molecular complexity index is 1620. The Labute approximate surface area is 486 Å². The van der Waals surface area contributed by atoms with Crippen molar-refractivity contribution in [1.82, 2.24) is 0 Å². The number of esters is 2. The number of carboxylic acids is 1. The van der Waals surface area contributed by atoms with Crippen LogP contribution in [-0.4, -0.2) is 87.4 Å². The number of quaternary nitrogens is 1. The summed E-state index contributed by atoms with van der Waals surface area (Å²) in [4.78, 5) is 37.5. The fraction of sp³-hybridized carbons (Fsp3) is 0.729. The first-order chi connectivity index (χ1) is 38.6. The molecule has 0 aliphatic heterocycles. The van der Waals surface area contributed by atoms with Gasteiger partial charge < -0.3 is 28.5 Å². The number of hydrogen-bond donors (Lipinski definition) is 1. The average molecular weight is 1110 g/mol. The van der Waals surface area contributed by atoms with Crippen molar-refractivity contribution in [2.24, 2.45) is 0 Å². The molecule has 0 aromatic carbocycles. The lowest BCUT2D eigenvalue weighted by Crippen LogP contribution is -2.40. The molecule has 1 N–H and O–H groups in total. The summed E-state index contributed by atoms with van der Waals surface area (Å²) in [6.45, 7) is 4.75. The van der Waals surface area contributed by atoms with Crippen LogP contribution in [0.5, 0.6) is 0 Å². The van der Waals surface area contributed by atoms with E-state index in [1.807, 2.05) is 21.1 Å². The molecule has 0 spiro atoms. The molecular weight excluding hydrogens is 983 g/mol. The summed E-state index contributed by atoms with van der Waals surface area (Å²) in [6.07, 6.45) is 79.3. The van der Waals surface area contributed by atoms with Crippen LogP contribution in [0.4, 0.5) is 0 Å². The molecule has 454 valence electrons. The Balaban J connectivity index is 4.15. The molecule has 79 heavy (non-hydrogen) atoms. The highest BCUT2D eigenvalue weighted by Crippen LogP contribution is 2.16. The second-order valence-electron chi connectivity index (χ2n) is 22.7. The number of allylic oxidation sites excluding steroid dienone is 16. The molecule has 0 radical (unpaired) electrons. The summed E-state index contributed by atoms with van der Waals surface area (Å²) >= 11 is 0. The predicted molar refractivity (Wildman–Crippen MR) is 336 cm³/mol. The van der Waals surface area contributed by atoms with E-state index in [2.05, 4.69) is 111 Å². The normalized spacial score (nSPS) is 13.4. The van der Waals surface area contributed by atoms with Crippen LogP contribution in [0.1, 0.15) is 271 Å². The number of carboxylic acid groups (broad SMARTS) is 1.